The zero-order chi connectivity index (χ0) is 22.0. The van der Waals surface area contributed by atoms with Gasteiger partial charge in [0.05, 0.1) is 10.8 Å². The minimum atomic E-state index is -3.83. The third kappa shape index (κ3) is 4.43. The van der Waals surface area contributed by atoms with E-state index in [9.17, 15) is 13.2 Å². The first kappa shape index (κ1) is 21.3. The molecule has 0 radical (unpaired) electrons. The summed E-state index contributed by atoms with van der Waals surface area (Å²) >= 11 is 6.01. The van der Waals surface area contributed by atoms with Crippen molar-refractivity contribution in [2.75, 3.05) is 16.2 Å². The zero-order valence-electron chi connectivity index (χ0n) is 17.0. The van der Waals surface area contributed by atoms with E-state index in [1.54, 1.807) is 18.2 Å². The molecule has 1 N–H and O–H groups in total. The van der Waals surface area contributed by atoms with Gasteiger partial charge in [0.25, 0.3) is 10.0 Å². The van der Waals surface area contributed by atoms with E-state index in [0.29, 0.717) is 29.6 Å². The molecule has 0 saturated carbocycles. The SMILES string of the molecule is C[C@H](C(=O)Nc1ccc2c(n1)N(S(=O)(=O)c1cccc(Cl)c1)CCC2)c1ccccc1. The van der Waals surface area contributed by atoms with Crippen LogP contribution in [-0.2, 0) is 21.2 Å². The normalized spacial score (nSPS) is 14.6. The number of rotatable bonds is 5. The Hall–Kier alpha value is -2.90. The smallest absolute Gasteiger partial charge is 0.265 e. The molecule has 4 rings (SSSR count). The number of hydrogen-bond acceptors (Lipinski definition) is 4. The van der Waals surface area contributed by atoms with Crippen molar-refractivity contribution in [3.05, 3.63) is 82.9 Å². The molecule has 0 unspecified atom stereocenters. The number of aromatic nitrogens is 1. The number of nitrogens with zero attached hydrogens (tertiary/aromatic N) is 2. The molecule has 2 aromatic carbocycles. The molecule has 6 nitrogen and oxygen atoms in total. The maximum absolute atomic E-state index is 13.3. The summed E-state index contributed by atoms with van der Waals surface area (Å²) in [5, 5.41) is 3.17. The van der Waals surface area contributed by atoms with E-state index in [1.165, 1.54) is 16.4 Å². The van der Waals surface area contributed by atoms with E-state index in [2.05, 4.69) is 10.3 Å². The average molecular weight is 456 g/mol. The van der Waals surface area contributed by atoms with Crippen LogP contribution in [0, 0.1) is 0 Å². The van der Waals surface area contributed by atoms with Crippen molar-refractivity contribution in [3.63, 3.8) is 0 Å². The first-order valence-electron chi connectivity index (χ1n) is 10.0. The Balaban J connectivity index is 1.63. The monoisotopic (exact) mass is 455 g/mol. The lowest BCUT2D eigenvalue weighted by Gasteiger charge is -2.29. The van der Waals surface area contributed by atoms with Crippen molar-refractivity contribution in [1.29, 1.82) is 0 Å². The van der Waals surface area contributed by atoms with E-state index in [-0.39, 0.29) is 16.7 Å². The highest BCUT2D eigenvalue weighted by molar-refractivity contribution is 7.92. The van der Waals surface area contributed by atoms with Crippen LogP contribution in [-0.4, -0.2) is 25.9 Å². The Kier molecular flexibility index (Phi) is 5.98. The van der Waals surface area contributed by atoms with Crippen LogP contribution in [0.3, 0.4) is 0 Å². The predicted molar refractivity (Wildman–Crippen MR) is 122 cm³/mol. The van der Waals surface area contributed by atoms with Gasteiger partial charge in [-0.05, 0) is 55.2 Å². The molecule has 1 aromatic heterocycles. The molecule has 1 atom stereocenters. The number of amides is 1. The number of halogens is 1. The summed E-state index contributed by atoms with van der Waals surface area (Å²) in [5.74, 6) is 0.0835. The molecule has 1 aliphatic heterocycles. The van der Waals surface area contributed by atoms with Gasteiger partial charge in [0.15, 0.2) is 0 Å². The van der Waals surface area contributed by atoms with Crippen LogP contribution < -0.4 is 9.62 Å². The molecule has 0 spiro atoms. The zero-order valence-corrected chi connectivity index (χ0v) is 18.5. The number of aryl methyl sites for hydroxylation is 1. The molecule has 2 heterocycles. The van der Waals surface area contributed by atoms with Crippen molar-refractivity contribution in [1.82, 2.24) is 4.98 Å². The highest BCUT2D eigenvalue weighted by atomic mass is 35.5. The second-order valence-electron chi connectivity index (χ2n) is 7.44. The highest BCUT2D eigenvalue weighted by Crippen LogP contribution is 2.32. The molecule has 1 amide bonds. The molecule has 8 heteroatoms. The second kappa shape index (κ2) is 8.69. The minimum Gasteiger partial charge on any atom is -0.310 e. The Morgan fingerprint density at radius 1 is 1.10 bits per heavy atom. The summed E-state index contributed by atoms with van der Waals surface area (Å²) in [6, 6.07) is 19.2. The Bertz CT molecular complexity index is 1220. The topological polar surface area (TPSA) is 79.4 Å². The predicted octanol–water partition coefficient (Wildman–Crippen LogP) is 4.62. The first-order valence-corrected chi connectivity index (χ1v) is 11.8. The van der Waals surface area contributed by atoms with Crippen molar-refractivity contribution in [3.8, 4) is 0 Å². The Morgan fingerprint density at radius 2 is 1.87 bits per heavy atom. The van der Waals surface area contributed by atoms with E-state index < -0.39 is 10.0 Å². The molecule has 0 fully saturated rings. The summed E-state index contributed by atoms with van der Waals surface area (Å²) < 4.78 is 27.8. The van der Waals surface area contributed by atoms with Gasteiger partial charge in [0.2, 0.25) is 5.91 Å². The van der Waals surface area contributed by atoms with E-state index in [1.807, 2.05) is 43.3 Å². The van der Waals surface area contributed by atoms with Gasteiger partial charge in [-0.25, -0.2) is 17.7 Å². The van der Waals surface area contributed by atoms with Gasteiger partial charge < -0.3 is 5.32 Å². The maximum Gasteiger partial charge on any atom is 0.265 e. The molecule has 3 aromatic rings. The van der Waals surface area contributed by atoms with Crippen LogP contribution in [0.4, 0.5) is 11.6 Å². The van der Waals surface area contributed by atoms with Gasteiger partial charge in [-0.2, -0.15) is 0 Å². The van der Waals surface area contributed by atoms with E-state index in [0.717, 1.165) is 17.5 Å². The van der Waals surface area contributed by atoms with Crippen LogP contribution >= 0.6 is 11.6 Å². The fourth-order valence-electron chi connectivity index (χ4n) is 3.59. The number of sulfonamides is 1. The number of carbonyl (C=O) groups is 1. The van der Waals surface area contributed by atoms with Gasteiger partial charge in [0.1, 0.15) is 11.6 Å². The average Bonchev–Trinajstić information content (AvgIpc) is 2.78. The molecule has 0 bridgehead atoms. The van der Waals surface area contributed by atoms with Gasteiger partial charge in [0, 0.05) is 11.6 Å². The number of fused-ring (bicyclic) bond motifs is 1. The third-order valence-corrected chi connectivity index (χ3v) is 7.35. The van der Waals surface area contributed by atoms with Gasteiger partial charge in [-0.1, -0.05) is 54.1 Å². The summed E-state index contributed by atoms with van der Waals surface area (Å²) in [7, 11) is -3.83. The Labute approximate surface area is 186 Å². The minimum absolute atomic E-state index is 0.113. The van der Waals surface area contributed by atoms with Crippen molar-refractivity contribution >= 4 is 39.2 Å². The van der Waals surface area contributed by atoms with Crippen molar-refractivity contribution in [2.24, 2.45) is 0 Å². The van der Waals surface area contributed by atoms with Crippen molar-refractivity contribution in [2.45, 2.75) is 30.6 Å². The molecule has 160 valence electrons. The number of benzene rings is 2. The number of carbonyl (C=O) groups excluding carboxylic acids is 1. The number of anilines is 2. The van der Waals surface area contributed by atoms with Crippen LogP contribution in [0.2, 0.25) is 5.02 Å². The summed E-state index contributed by atoms with van der Waals surface area (Å²) in [6.45, 7) is 2.13. The molecule has 0 saturated heterocycles. The van der Waals surface area contributed by atoms with Crippen molar-refractivity contribution < 1.29 is 13.2 Å². The van der Waals surface area contributed by atoms with Crippen LogP contribution in [0.25, 0.3) is 0 Å². The van der Waals surface area contributed by atoms with Gasteiger partial charge >= 0.3 is 0 Å². The Morgan fingerprint density at radius 3 is 2.61 bits per heavy atom. The van der Waals surface area contributed by atoms with E-state index in [4.69, 9.17) is 11.6 Å². The largest absolute Gasteiger partial charge is 0.310 e. The van der Waals surface area contributed by atoms with Crippen LogP contribution in [0.1, 0.15) is 30.4 Å². The van der Waals surface area contributed by atoms with Gasteiger partial charge in [-0.3, -0.25) is 4.79 Å². The summed E-state index contributed by atoms with van der Waals surface area (Å²) in [4.78, 5) is 17.3. The lowest BCUT2D eigenvalue weighted by molar-refractivity contribution is -0.117. The summed E-state index contributed by atoms with van der Waals surface area (Å²) in [5.41, 5.74) is 1.72. The van der Waals surface area contributed by atoms with Crippen LogP contribution in [0.15, 0.2) is 71.6 Å². The standard InChI is InChI=1S/C23H22ClN3O3S/c1-16(17-7-3-2-4-8-17)23(28)26-21-13-12-18-9-6-14-27(22(18)25-21)31(29,30)20-11-5-10-19(24)15-20/h2-5,7-8,10-13,15-16H,6,9,14H2,1H3,(H,25,26,28)/t16-/m0/s1. The lowest BCUT2D eigenvalue weighted by atomic mass is 10.0. The highest BCUT2D eigenvalue weighted by Gasteiger charge is 2.31. The first-order chi connectivity index (χ1) is 14.9. The quantitative estimate of drug-likeness (QED) is 0.608. The van der Waals surface area contributed by atoms with Crippen LogP contribution in [0.5, 0.6) is 0 Å². The maximum atomic E-state index is 13.3. The number of nitrogens with one attached hydrogen (secondary N) is 1. The molecule has 0 aliphatic carbocycles. The molecular weight excluding hydrogens is 434 g/mol. The lowest BCUT2D eigenvalue weighted by Crippen LogP contribution is -2.36. The fourth-order valence-corrected chi connectivity index (χ4v) is 5.38. The third-order valence-electron chi connectivity index (χ3n) is 5.33. The number of pyridine rings is 1. The molecule has 1 aliphatic rings. The second-order valence-corrected chi connectivity index (χ2v) is 9.74. The van der Waals surface area contributed by atoms with Gasteiger partial charge in [-0.15, -0.1) is 0 Å². The number of hydrogen-bond donors (Lipinski definition) is 1. The molecular formula is C23H22ClN3O3S. The molecule has 31 heavy (non-hydrogen) atoms. The fraction of sp³-hybridized carbons (Fsp3) is 0.217. The summed E-state index contributed by atoms with van der Waals surface area (Å²) in [6.07, 6.45) is 1.41. The van der Waals surface area contributed by atoms with E-state index >= 15 is 0 Å².